The number of anilines is 2. The number of pyridine rings is 1. The maximum Gasteiger partial charge on any atom is 0.226 e. The summed E-state index contributed by atoms with van der Waals surface area (Å²) in [5, 5.41) is 7.85. The highest BCUT2D eigenvalue weighted by atomic mass is 35.5. The Morgan fingerprint density at radius 3 is 2.79 bits per heavy atom. The largest absolute Gasteiger partial charge is 0.384 e. The Bertz CT molecular complexity index is 919. The first-order valence-electron chi connectivity index (χ1n) is 7.47. The van der Waals surface area contributed by atoms with Gasteiger partial charge in [0.1, 0.15) is 11.6 Å². The molecule has 6 nitrogen and oxygen atoms in total. The normalized spacial score (nSPS) is 16.5. The highest BCUT2D eigenvalue weighted by Crippen LogP contribution is 2.36. The van der Waals surface area contributed by atoms with Crippen LogP contribution in [0.4, 0.5) is 11.6 Å². The number of carbonyl (C=O) groups is 1. The molecule has 0 spiro atoms. The molecule has 3 N–H and O–H groups in total. The van der Waals surface area contributed by atoms with E-state index in [1.807, 2.05) is 36.5 Å². The summed E-state index contributed by atoms with van der Waals surface area (Å²) in [5.74, 6) is 0.731. The Morgan fingerprint density at radius 1 is 1.21 bits per heavy atom. The molecule has 0 saturated heterocycles. The Kier molecular flexibility index (Phi) is 3.46. The number of benzene rings is 1. The van der Waals surface area contributed by atoms with E-state index in [0.29, 0.717) is 23.1 Å². The van der Waals surface area contributed by atoms with Gasteiger partial charge < -0.3 is 11.1 Å². The van der Waals surface area contributed by atoms with Crippen LogP contribution in [0.15, 0.2) is 48.8 Å². The topological polar surface area (TPSA) is 85.8 Å². The van der Waals surface area contributed by atoms with Crippen molar-refractivity contribution < 1.29 is 4.79 Å². The second kappa shape index (κ2) is 5.65. The van der Waals surface area contributed by atoms with E-state index < -0.39 is 0 Å². The van der Waals surface area contributed by atoms with Gasteiger partial charge in [-0.1, -0.05) is 17.7 Å². The van der Waals surface area contributed by atoms with Crippen LogP contribution in [0, 0.1) is 0 Å². The molecule has 4 rings (SSSR count). The third-order valence-electron chi connectivity index (χ3n) is 4.07. The van der Waals surface area contributed by atoms with Crippen molar-refractivity contribution >= 4 is 29.1 Å². The van der Waals surface area contributed by atoms with Crippen LogP contribution in [0.2, 0.25) is 5.02 Å². The highest BCUT2D eigenvalue weighted by Gasteiger charge is 2.28. The van der Waals surface area contributed by atoms with Crippen LogP contribution >= 0.6 is 11.6 Å². The van der Waals surface area contributed by atoms with E-state index in [4.69, 9.17) is 17.3 Å². The molecule has 7 heteroatoms. The van der Waals surface area contributed by atoms with Crippen LogP contribution in [0.25, 0.3) is 5.69 Å². The lowest BCUT2D eigenvalue weighted by Crippen LogP contribution is -2.24. The van der Waals surface area contributed by atoms with Crippen molar-refractivity contribution in [3.05, 3.63) is 64.9 Å². The SMILES string of the molecule is Nc1ccc2c(n1)NC(=O)CC2c1cnn(-c2ccc(Cl)cc2)c1. The quantitative estimate of drug-likeness (QED) is 0.751. The molecule has 1 aliphatic rings. The molecule has 0 bridgehead atoms. The van der Waals surface area contributed by atoms with Crippen molar-refractivity contribution in [2.45, 2.75) is 12.3 Å². The van der Waals surface area contributed by atoms with Gasteiger partial charge in [0.15, 0.2) is 0 Å². The Morgan fingerprint density at radius 2 is 2.00 bits per heavy atom. The molecule has 0 saturated carbocycles. The number of nitrogens with zero attached hydrogens (tertiary/aromatic N) is 3. The summed E-state index contributed by atoms with van der Waals surface area (Å²) in [5.41, 5.74) is 8.51. The van der Waals surface area contributed by atoms with E-state index >= 15 is 0 Å². The summed E-state index contributed by atoms with van der Waals surface area (Å²) in [4.78, 5) is 16.2. The molecule has 2 aromatic heterocycles. The predicted octanol–water partition coefficient (Wildman–Crippen LogP) is 2.98. The monoisotopic (exact) mass is 339 g/mol. The summed E-state index contributed by atoms with van der Waals surface area (Å²) in [6.45, 7) is 0. The first-order chi connectivity index (χ1) is 11.6. The summed E-state index contributed by atoms with van der Waals surface area (Å²) in [6, 6.07) is 11.1. The van der Waals surface area contributed by atoms with E-state index in [1.54, 1.807) is 16.9 Å². The van der Waals surface area contributed by atoms with Crippen LogP contribution in [-0.4, -0.2) is 20.7 Å². The van der Waals surface area contributed by atoms with Gasteiger partial charge in [-0.25, -0.2) is 9.67 Å². The van der Waals surface area contributed by atoms with E-state index in [1.165, 1.54) is 0 Å². The molecule has 1 unspecified atom stereocenters. The van der Waals surface area contributed by atoms with Crippen LogP contribution < -0.4 is 11.1 Å². The van der Waals surface area contributed by atoms with Gasteiger partial charge >= 0.3 is 0 Å². The zero-order valence-electron chi connectivity index (χ0n) is 12.6. The average molecular weight is 340 g/mol. The predicted molar refractivity (Wildman–Crippen MR) is 92.3 cm³/mol. The fourth-order valence-corrected chi connectivity index (χ4v) is 3.02. The maximum absolute atomic E-state index is 12.0. The molecule has 3 heterocycles. The standard InChI is InChI=1S/C17H14ClN5O/c18-11-1-3-12(4-2-11)23-9-10(8-20-23)14-7-16(24)22-17-13(14)5-6-15(19)21-17/h1-6,8-9,14H,7H2,(H3,19,21,22,24). The Hall–Kier alpha value is -2.86. The molecule has 24 heavy (non-hydrogen) atoms. The molecule has 0 fully saturated rings. The number of aromatic nitrogens is 3. The van der Waals surface area contributed by atoms with Gasteiger partial charge in [-0.3, -0.25) is 4.79 Å². The van der Waals surface area contributed by atoms with E-state index in [9.17, 15) is 4.79 Å². The number of amides is 1. The smallest absolute Gasteiger partial charge is 0.226 e. The maximum atomic E-state index is 12.0. The van der Waals surface area contributed by atoms with Crippen LogP contribution in [-0.2, 0) is 4.79 Å². The highest BCUT2D eigenvalue weighted by molar-refractivity contribution is 6.30. The first-order valence-corrected chi connectivity index (χ1v) is 7.85. The number of carbonyl (C=O) groups excluding carboxylic acids is 1. The number of halogens is 1. The zero-order chi connectivity index (χ0) is 16.7. The van der Waals surface area contributed by atoms with Crippen molar-refractivity contribution in [2.24, 2.45) is 0 Å². The minimum atomic E-state index is -0.0945. The Labute approximate surface area is 143 Å². The summed E-state index contributed by atoms with van der Waals surface area (Å²) in [6.07, 6.45) is 4.05. The Balaban J connectivity index is 1.72. The first kappa shape index (κ1) is 14.7. The van der Waals surface area contributed by atoms with Crippen LogP contribution in [0.1, 0.15) is 23.5 Å². The summed E-state index contributed by atoms with van der Waals surface area (Å²) < 4.78 is 1.77. The lowest BCUT2D eigenvalue weighted by atomic mass is 9.88. The molecule has 1 amide bonds. The second-order valence-corrected chi connectivity index (χ2v) is 6.11. The second-order valence-electron chi connectivity index (χ2n) is 5.67. The molecule has 1 aromatic carbocycles. The zero-order valence-corrected chi connectivity index (χ0v) is 13.4. The lowest BCUT2D eigenvalue weighted by molar-refractivity contribution is -0.116. The number of rotatable bonds is 2. The molecule has 0 aliphatic carbocycles. The lowest BCUT2D eigenvalue weighted by Gasteiger charge is -2.24. The van der Waals surface area contributed by atoms with Gasteiger partial charge in [0.25, 0.3) is 0 Å². The number of hydrogen-bond acceptors (Lipinski definition) is 4. The number of nitrogens with two attached hydrogens (primary N) is 1. The fourth-order valence-electron chi connectivity index (χ4n) is 2.89. The van der Waals surface area contributed by atoms with Gasteiger partial charge in [-0.15, -0.1) is 0 Å². The van der Waals surface area contributed by atoms with Gasteiger partial charge in [0.05, 0.1) is 11.9 Å². The van der Waals surface area contributed by atoms with Crippen molar-refractivity contribution in [1.29, 1.82) is 0 Å². The third-order valence-corrected chi connectivity index (χ3v) is 4.32. The van der Waals surface area contributed by atoms with E-state index in [0.717, 1.165) is 16.8 Å². The van der Waals surface area contributed by atoms with Gasteiger partial charge in [0.2, 0.25) is 5.91 Å². The molecule has 1 aliphatic heterocycles. The fraction of sp³-hybridized carbons (Fsp3) is 0.118. The third kappa shape index (κ3) is 2.61. The van der Waals surface area contributed by atoms with Crippen molar-refractivity contribution in [3.8, 4) is 5.69 Å². The number of hydrogen-bond donors (Lipinski definition) is 2. The molecule has 120 valence electrons. The number of nitrogen functional groups attached to an aromatic ring is 1. The minimum absolute atomic E-state index is 0.0788. The molecule has 3 aromatic rings. The van der Waals surface area contributed by atoms with Gasteiger partial charge in [-0.05, 0) is 35.9 Å². The molecular weight excluding hydrogens is 326 g/mol. The van der Waals surface area contributed by atoms with Crippen molar-refractivity contribution in [3.63, 3.8) is 0 Å². The minimum Gasteiger partial charge on any atom is -0.384 e. The van der Waals surface area contributed by atoms with Crippen LogP contribution in [0.3, 0.4) is 0 Å². The van der Waals surface area contributed by atoms with Crippen LogP contribution in [0.5, 0.6) is 0 Å². The van der Waals surface area contributed by atoms with Crippen molar-refractivity contribution in [1.82, 2.24) is 14.8 Å². The van der Waals surface area contributed by atoms with E-state index in [-0.39, 0.29) is 11.8 Å². The molecule has 0 radical (unpaired) electrons. The number of nitrogens with one attached hydrogen (secondary N) is 1. The van der Waals surface area contributed by atoms with Gasteiger partial charge in [-0.2, -0.15) is 5.10 Å². The van der Waals surface area contributed by atoms with Gasteiger partial charge in [0, 0.05) is 29.1 Å². The summed E-state index contributed by atoms with van der Waals surface area (Å²) in [7, 11) is 0. The van der Waals surface area contributed by atoms with Crippen molar-refractivity contribution in [2.75, 3.05) is 11.1 Å². The summed E-state index contributed by atoms with van der Waals surface area (Å²) >= 11 is 5.92. The number of fused-ring (bicyclic) bond motifs is 1. The molecular formula is C17H14ClN5O. The molecule has 1 atom stereocenters. The van der Waals surface area contributed by atoms with E-state index in [2.05, 4.69) is 15.4 Å². The average Bonchev–Trinajstić information content (AvgIpc) is 3.04.